The second-order valence-electron chi connectivity index (χ2n) is 8.25. The lowest BCUT2D eigenvalue weighted by atomic mass is 10.0. The highest BCUT2D eigenvalue weighted by Crippen LogP contribution is 2.37. The summed E-state index contributed by atoms with van der Waals surface area (Å²) in [6.07, 6.45) is -1.41. The largest absolute Gasteiger partial charge is 0.493 e. The molecule has 1 aromatic heterocycles. The van der Waals surface area contributed by atoms with Crippen LogP contribution < -0.4 is 20.5 Å². The Morgan fingerprint density at radius 3 is 2.47 bits per heavy atom. The third-order valence-electron chi connectivity index (χ3n) is 5.76. The van der Waals surface area contributed by atoms with Crippen LogP contribution in [-0.4, -0.2) is 36.4 Å². The summed E-state index contributed by atoms with van der Waals surface area (Å²) in [5.41, 5.74) is 5.70. The molecule has 1 aliphatic heterocycles. The molecule has 7 nitrogen and oxygen atoms in total. The molecule has 3 N–H and O–H groups in total. The highest BCUT2D eigenvalue weighted by molar-refractivity contribution is 5.92. The summed E-state index contributed by atoms with van der Waals surface area (Å²) in [6.45, 7) is 4.66. The highest BCUT2D eigenvalue weighted by Gasteiger charge is 2.23. The van der Waals surface area contributed by atoms with Crippen molar-refractivity contribution in [3.05, 3.63) is 47.0 Å². The number of fused-ring (bicyclic) bond motifs is 1. The van der Waals surface area contributed by atoms with Crippen LogP contribution in [-0.2, 0) is 4.74 Å². The fraction of sp³-hybridized carbons (Fsp3) is 0.417. The Morgan fingerprint density at radius 1 is 1.09 bits per heavy atom. The molecule has 0 aliphatic carbocycles. The van der Waals surface area contributed by atoms with Gasteiger partial charge in [-0.3, -0.25) is 0 Å². The zero-order valence-corrected chi connectivity index (χ0v) is 19.2. The SMILES string of the molecule is COc1cc2c(N[C@H](C)c3cc(N)cc(C(F)F)c3F)nc(C)nc2cc1OC1CCOCC1. The van der Waals surface area contributed by atoms with Gasteiger partial charge < -0.3 is 25.3 Å². The fourth-order valence-corrected chi connectivity index (χ4v) is 4.04. The van der Waals surface area contributed by atoms with E-state index >= 15 is 0 Å². The molecule has 4 rings (SSSR count). The predicted molar refractivity (Wildman–Crippen MR) is 123 cm³/mol. The van der Waals surface area contributed by atoms with Gasteiger partial charge in [-0.15, -0.1) is 0 Å². The Kier molecular flexibility index (Phi) is 6.97. The molecule has 1 saturated heterocycles. The summed E-state index contributed by atoms with van der Waals surface area (Å²) in [7, 11) is 1.54. The number of methoxy groups -OCH3 is 1. The van der Waals surface area contributed by atoms with E-state index in [0.717, 1.165) is 18.9 Å². The second kappa shape index (κ2) is 9.92. The van der Waals surface area contributed by atoms with Crippen LogP contribution in [0.5, 0.6) is 11.5 Å². The van der Waals surface area contributed by atoms with Gasteiger partial charge in [-0.1, -0.05) is 0 Å². The second-order valence-corrected chi connectivity index (χ2v) is 8.25. The van der Waals surface area contributed by atoms with E-state index in [1.54, 1.807) is 26.0 Å². The fourth-order valence-electron chi connectivity index (χ4n) is 4.04. The van der Waals surface area contributed by atoms with Crippen molar-refractivity contribution in [3.63, 3.8) is 0 Å². The molecular formula is C24H27F3N4O3. The molecule has 0 unspecified atom stereocenters. The number of hydrogen-bond acceptors (Lipinski definition) is 7. The summed E-state index contributed by atoms with van der Waals surface area (Å²) in [5, 5.41) is 3.74. The maximum absolute atomic E-state index is 14.8. The van der Waals surface area contributed by atoms with Crippen LogP contribution in [0.4, 0.5) is 24.7 Å². The quantitative estimate of drug-likeness (QED) is 0.445. The van der Waals surface area contributed by atoms with Crippen LogP contribution in [0.25, 0.3) is 10.9 Å². The molecule has 182 valence electrons. The zero-order valence-electron chi connectivity index (χ0n) is 19.2. The first-order chi connectivity index (χ1) is 16.3. The predicted octanol–water partition coefficient (Wildman–Crippen LogP) is 5.34. The Labute approximate surface area is 195 Å². The number of nitrogens with two attached hydrogens (primary N) is 1. The van der Waals surface area contributed by atoms with E-state index < -0.39 is 23.8 Å². The van der Waals surface area contributed by atoms with Gasteiger partial charge in [-0.2, -0.15) is 0 Å². The van der Waals surface area contributed by atoms with Gasteiger partial charge >= 0.3 is 0 Å². The lowest BCUT2D eigenvalue weighted by molar-refractivity contribution is 0.0246. The van der Waals surface area contributed by atoms with Crippen molar-refractivity contribution < 1.29 is 27.4 Å². The first-order valence-electron chi connectivity index (χ1n) is 11.0. The molecule has 2 heterocycles. The van der Waals surface area contributed by atoms with Crippen molar-refractivity contribution >= 4 is 22.4 Å². The average Bonchev–Trinajstić information content (AvgIpc) is 2.80. The molecule has 34 heavy (non-hydrogen) atoms. The molecule has 1 aliphatic rings. The van der Waals surface area contributed by atoms with E-state index in [9.17, 15) is 13.2 Å². The monoisotopic (exact) mass is 476 g/mol. The molecular weight excluding hydrogens is 449 g/mol. The van der Waals surface area contributed by atoms with Gasteiger partial charge in [0.15, 0.2) is 11.5 Å². The van der Waals surface area contributed by atoms with Crippen LogP contribution in [0.1, 0.15) is 49.2 Å². The first-order valence-corrected chi connectivity index (χ1v) is 11.0. The number of halogens is 3. The molecule has 0 amide bonds. The van der Waals surface area contributed by atoms with Crippen molar-refractivity contribution in [1.29, 1.82) is 0 Å². The highest BCUT2D eigenvalue weighted by atomic mass is 19.3. The van der Waals surface area contributed by atoms with Crippen molar-refractivity contribution in [2.75, 3.05) is 31.4 Å². The molecule has 1 atom stereocenters. The van der Waals surface area contributed by atoms with Gasteiger partial charge in [0, 0.05) is 35.5 Å². The molecule has 10 heteroatoms. The van der Waals surface area contributed by atoms with Gasteiger partial charge in [0.05, 0.1) is 37.4 Å². The maximum Gasteiger partial charge on any atom is 0.266 e. The number of aromatic nitrogens is 2. The maximum atomic E-state index is 14.8. The van der Waals surface area contributed by atoms with Crippen LogP contribution in [0.2, 0.25) is 0 Å². The summed E-state index contributed by atoms with van der Waals surface area (Å²) < 4.78 is 58.4. The molecule has 0 saturated carbocycles. The third kappa shape index (κ3) is 4.96. The van der Waals surface area contributed by atoms with E-state index in [1.165, 1.54) is 13.2 Å². The van der Waals surface area contributed by atoms with Gasteiger partial charge in [0.25, 0.3) is 6.43 Å². The van der Waals surface area contributed by atoms with Crippen LogP contribution in [0.15, 0.2) is 24.3 Å². The lowest BCUT2D eigenvalue weighted by Gasteiger charge is -2.24. The van der Waals surface area contributed by atoms with Gasteiger partial charge in [0.2, 0.25) is 0 Å². The topological polar surface area (TPSA) is 91.5 Å². The van der Waals surface area contributed by atoms with Crippen LogP contribution in [0, 0.1) is 12.7 Å². The molecule has 0 radical (unpaired) electrons. The summed E-state index contributed by atoms with van der Waals surface area (Å²) >= 11 is 0. The van der Waals surface area contributed by atoms with Crippen molar-refractivity contribution in [2.24, 2.45) is 0 Å². The standard InChI is InChI=1S/C24H27F3N4O3/c1-12(16-8-14(28)9-18(22(16)25)23(26)27)29-24-17-10-20(32-3)21(11-19(17)30-13(2)31-24)34-15-4-6-33-7-5-15/h8-12,15,23H,4-7,28H2,1-3H3,(H,29,30,31)/t12-/m1/s1. The molecule has 1 fully saturated rings. The summed E-state index contributed by atoms with van der Waals surface area (Å²) in [5.74, 6) is 0.945. The molecule has 0 spiro atoms. The number of nitrogens with one attached hydrogen (secondary N) is 1. The Balaban J connectivity index is 1.70. The normalized spacial score (nSPS) is 15.5. The minimum Gasteiger partial charge on any atom is -0.493 e. The van der Waals surface area contributed by atoms with Gasteiger partial charge in [-0.25, -0.2) is 23.1 Å². The van der Waals surface area contributed by atoms with E-state index in [2.05, 4.69) is 15.3 Å². The lowest BCUT2D eigenvalue weighted by Crippen LogP contribution is -2.26. The number of alkyl halides is 2. The van der Waals surface area contributed by atoms with Crippen LogP contribution >= 0.6 is 0 Å². The average molecular weight is 476 g/mol. The Morgan fingerprint density at radius 2 is 1.79 bits per heavy atom. The van der Waals surface area contributed by atoms with E-state index in [0.29, 0.717) is 47.3 Å². The first kappa shape index (κ1) is 23.9. The number of hydrogen-bond donors (Lipinski definition) is 2. The van der Waals surface area contributed by atoms with Crippen molar-refractivity contribution in [1.82, 2.24) is 9.97 Å². The van der Waals surface area contributed by atoms with E-state index in [1.807, 2.05) is 0 Å². The van der Waals surface area contributed by atoms with E-state index in [-0.39, 0.29) is 17.4 Å². The number of anilines is 2. The summed E-state index contributed by atoms with van der Waals surface area (Å²) in [6, 6.07) is 5.12. The van der Waals surface area contributed by atoms with Crippen molar-refractivity contribution in [3.8, 4) is 11.5 Å². The molecule has 3 aromatic rings. The minimum atomic E-state index is -2.98. The number of aryl methyl sites for hydroxylation is 1. The molecule has 0 bridgehead atoms. The number of nitrogens with zero attached hydrogens (tertiary/aromatic N) is 2. The third-order valence-corrected chi connectivity index (χ3v) is 5.76. The van der Waals surface area contributed by atoms with Crippen LogP contribution in [0.3, 0.4) is 0 Å². The summed E-state index contributed by atoms with van der Waals surface area (Å²) in [4.78, 5) is 8.97. The Hall–Kier alpha value is -3.27. The number of benzene rings is 2. The minimum absolute atomic E-state index is 0.0104. The van der Waals surface area contributed by atoms with Crippen molar-refractivity contribution in [2.45, 2.75) is 45.3 Å². The molecule has 2 aromatic carbocycles. The number of ether oxygens (including phenoxy) is 3. The Bertz CT molecular complexity index is 1190. The van der Waals surface area contributed by atoms with Gasteiger partial charge in [-0.05, 0) is 32.0 Å². The van der Waals surface area contributed by atoms with E-state index in [4.69, 9.17) is 19.9 Å². The smallest absolute Gasteiger partial charge is 0.266 e. The van der Waals surface area contributed by atoms with Gasteiger partial charge in [0.1, 0.15) is 23.6 Å². The number of rotatable bonds is 7. The zero-order chi connectivity index (χ0) is 24.4. The number of nitrogen functional groups attached to an aromatic ring is 1.